The highest BCUT2D eigenvalue weighted by Gasteiger charge is 2.32. The number of nitrogens with one attached hydrogen (secondary N) is 1. The van der Waals surface area contributed by atoms with Gasteiger partial charge in [0, 0.05) is 10.5 Å². The number of aliphatic carboxylic acids is 1. The maximum Gasteiger partial charge on any atom is 0.306 e. The van der Waals surface area contributed by atoms with E-state index in [1.54, 1.807) is 6.07 Å². The number of benzene rings is 1. The highest BCUT2D eigenvalue weighted by Crippen LogP contribution is 2.32. The molecule has 2 N–H and O–H groups in total. The Labute approximate surface area is 126 Å². The van der Waals surface area contributed by atoms with E-state index in [0.717, 1.165) is 29.3 Å². The van der Waals surface area contributed by atoms with Crippen molar-refractivity contribution < 1.29 is 14.3 Å². The SMILES string of the molecule is CC(NCC1CCCC1C(=O)O)c1ccc(F)cc1Br. The molecular weight excluding hydrogens is 325 g/mol. The molecule has 2 rings (SSSR count). The maximum absolute atomic E-state index is 13.1. The van der Waals surface area contributed by atoms with Crippen LogP contribution in [0.5, 0.6) is 0 Å². The standard InChI is InChI=1S/C15H19BrFNO2/c1-9(12-6-5-11(17)7-14(12)16)18-8-10-3-2-4-13(10)15(19)20/h5-7,9-10,13,18H,2-4,8H2,1H3,(H,19,20). The highest BCUT2D eigenvalue weighted by molar-refractivity contribution is 9.10. The van der Waals surface area contributed by atoms with Crippen LogP contribution < -0.4 is 5.32 Å². The van der Waals surface area contributed by atoms with E-state index in [0.29, 0.717) is 6.54 Å². The van der Waals surface area contributed by atoms with Gasteiger partial charge in [0.05, 0.1) is 5.92 Å². The second-order valence-electron chi connectivity index (χ2n) is 5.43. The second-order valence-corrected chi connectivity index (χ2v) is 6.29. The van der Waals surface area contributed by atoms with Gasteiger partial charge in [-0.25, -0.2) is 4.39 Å². The predicted molar refractivity (Wildman–Crippen MR) is 79.0 cm³/mol. The molecule has 1 aliphatic rings. The molecule has 0 aliphatic heterocycles. The third kappa shape index (κ3) is 3.58. The second kappa shape index (κ2) is 6.68. The number of carboxylic acid groups (broad SMARTS) is 1. The van der Waals surface area contributed by atoms with Gasteiger partial charge in [-0.05, 0) is 49.9 Å². The number of carboxylic acids is 1. The molecule has 3 atom stereocenters. The van der Waals surface area contributed by atoms with Crippen molar-refractivity contribution in [1.82, 2.24) is 5.32 Å². The summed E-state index contributed by atoms with van der Waals surface area (Å²) in [4.78, 5) is 11.1. The molecule has 5 heteroatoms. The molecule has 110 valence electrons. The molecule has 1 saturated carbocycles. The highest BCUT2D eigenvalue weighted by atomic mass is 79.9. The summed E-state index contributed by atoms with van der Waals surface area (Å²) in [5.41, 5.74) is 0.983. The molecule has 1 fully saturated rings. The molecular formula is C15H19BrFNO2. The average Bonchev–Trinajstić information content (AvgIpc) is 2.84. The quantitative estimate of drug-likeness (QED) is 0.856. The van der Waals surface area contributed by atoms with Gasteiger partial charge in [-0.3, -0.25) is 4.79 Å². The zero-order valence-electron chi connectivity index (χ0n) is 11.4. The van der Waals surface area contributed by atoms with Crippen LogP contribution in [0.15, 0.2) is 22.7 Å². The third-order valence-electron chi connectivity index (χ3n) is 4.09. The molecule has 3 nitrogen and oxygen atoms in total. The minimum atomic E-state index is -0.690. The average molecular weight is 344 g/mol. The molecule has 0 heterocycles. The lowest BCUT2D eigenvalue weighted by atomic mass is 9.95. The Balaban J connectivity index is 1.95. The number of halogens is 2. The molecule has 0 saturated heterocycles. The van der Waals surface area contributed by atoms with E-state index in [9.17, 15) is 9.18 Å². The molecule has 20 heavy (non-hydrogen) atoms. The monoisotopic (exact) mass is 343 g/mol. The van der Waals surface area contributed by atoms with Gasteiger partial charge in [0.25, 0.3) is 0 Å². The van der Waals surface area contributed by atoms with Crippen molar-refractivity contribution in [3.05, 3.63) is 34.1 Å². The maximum atomic E-state index is 13.1. The predicted octanol–water partition coefficient (Wildman–Crippen LogP) is 3.74. The minimum Gasteiger partial charge on any atom is -0.481 e. The zero-order valence-corrected chi connectivity index (χ0v) is 13.0. The van der Waals surface area contributed by atoms with Gasteiger partial charge in [-0.1, -0.05) is 28.4 Å². The molecule has 1 aromatic carbocycles. The number of hydrogen-bond acceptors (Lipinski definition) is 2. The van der Waals surface area contributed by atoms with E-state index in [-0.39, 0.29) is 23.7 Å². The summed E-state index contributed by atoms with van der Waals surface area (Å²) in [6, 6.07) is 4.69. The minimum absolute atomic E-state index is 0.0556. The summed E-state index contributed by atoms with van der Waals surface area (Å²) in [5, 5.41) is 12.5. The first-order chi connectivity index (χ1) is 9.49. The summed E-state index contributed by atoms with van der Waals surface area (Å²) in [7, 11) is 0. The topological polar surface area (TPSA) is 49.3 Å². The molecule has 1 aromatic rings. The lowest BCUT2D eigenvalue weighted by Gasteiger charge is -2.21. The van der Waals surface area contributed by atoms with Crippen LogP contribution in [0.25, 0.3) is 0 Å². The van der Waals surface area contributed by atoms with Gasteiger partial charge in [-0.15, -0.1) is 0 Å². The summed E-state index contributed by atoms with van der Waals surface area (Å²) < 4.78 is 13.8. The lowest BCUT2D eigenvalue weighted by Crippen LogP contribution is -2.30. The van der Waals surface area contributed by atoms with E-state index in [1.807, 2.05) is 6.92 Å². The Morgan fingerprint density at radius 3 is 2.95 bits per heavy atom. The van der Waals surface area contributed by atoms with E-state index < -0.39 is 5.97 Å². The van der Waals surface area contributed by atoms with Crippen molar-refractivity contribution in [1.29, 1.82) is 0 Å². The summed E-state index contributed by atoms with van der Waals surface area (Å²) in [6.45, 7) is 2.69. The number of hydrogen-bond donors (Lipinski definition) is 2. The van der Waals surface area contributed by atoms with E-state index >= 15 is 0 Å². The van der Waals surface area contributed by atoms with Gasteiger partial charge in [0.2, 0.25) is 0 Å². The number of rotatable bonds is 5. The molecule has 0 aromatic heterocycles. The van der Waals surface area contributed by atoms with E-state index in [1.165, 1.54) is 12.1 Å². The Hall–Kier alpha value is -0.940. The van der Waals surface area contributed by atoms with Crippen LogP contribution in [-0.4, -0.2) is 17.6 Å². The van der Waals surface area contributed by atoms with Crippen LogP contribution in [-0.2, 0) is 4.79 Å². The third-order valence-corrected chi connectivity index (χ3v) is 4.78. The van der Waals surface area contributed by atoms with Crippen molar-refractivity contribution in [3.63, 3.8) is 0 Å². The fourth-order valence-corrected chi connectivity index (χ4v) is 3.59. The van der Waals surface area contributed by atoms with E-state index in [4.69, 9.17) is 5.11 Å². The van der Waals surface area contributed by atoms with Crippen molar-refractivity contribution in [2.24, 2.45) is 11.8 Å². The Morgan fingerprint density at radius 2 is 2.30 bits per heavy atom. The van der Waals surface area contributed by atoms with Crippen LogP contribution in [0.2, 0.25) is 0 Å². The summed E-state index contributed by atoms with van der Waals surface area (Å²) in [6.07, 6.45) is 2.72. The summed E-state index contributed by atoms with van der Waals surface area (Å²) >= 11 is 3.36. The smallest absolute Gasteiger partial charge is 0.306 e. The summed E-state index contributed by atoms with van der Waals surface area (Å²) in [5.74, 6) is -1.000. The van der Waals surface area contributed by atoms with E-state index in [2.05, 4.69) is 21.2 Å². The van der Waals surface area contributed by atoms with Crippen molar-refractivity contribution in [2.45, 2.75) is 32.2 Å². The molecule has 3 unspecified atom stereocenters. The zero-order chi connectivity index (χ0) is 14.7. The largest absolute Gasteiger partial charge is 0.481 e. The van der Waals surface area contributed by atoms with Gasteiger partial charge >= 0.3 is 5.97 Å². The first kappa shape index (κ1) is 15.4. The molecule has 1 aliphatic carbocycles. The van der Waals surface area contributed by atoms with Crippen molar-refractivity contribution in [2.75, 3.05) is 6.54 Å². The van der Waals surface area contributed by atoms with Crippen molar-refractivity contribution in [3.8, 4) is 0 Å². The molecule has 0 bridgehead atoms. The lowest BCUT2D eigenvalue weighted by molar-refractivity contribution is -0.142. The Kier molecular flexibility index (Phi) is 5.16. The Morgan fingerprint density at radius 1 is 1.55 bits per heavy atom. The van der Waals surface area contributed by atoms with Gasteiger partial charge in [0.1, 0.15) is 5.82 Å². The van der Waals surface area contributed by atoms with Crippen LogP contribution in [0.3, 0.4) is 0 Å². The Bertz CT molecular complexity index is 495. The molecule has 0 amide bonds. The van der Waals surface area contributed by atoms with Gasteiger partial charge < -0.3 is 10.4 Å². The first-order valence-electron chi connectivity index (χ1n) is 6.90. The van der Waals surface area contributed by atoms with Crippen LogP contribution >= 0.6 is 15.9 Å². The number of carbonyl (C=O) groups is 1. The van der Waals surface area contributed by atoms with Crippen molar-refractivity contribution >= 4 is 21.9 Å². The molecule has 0 spiro atoms. The van der Waals surface area contributed by atoms with Crippen LogP contribution in [0.1, 0.15) is 37.8 Å². The van der Waals surface area contributed by atoms with Crippen LogP contribution in [0, 0.1) is 17.7 Å². The fourth-order valence-electron chi connectivity index (χ4n) is 2.90. The first-order valence-corrected chi connectivity index (χ1v) is 7.69. The molecule has 0 radical (unpaired) electrons. The van der Waals surface area contributed by atoms with Gasteiger partial charge in [0.15, 0.2) is 0 Å². The fraction of sp³-hybridized carbons (Fsp3) is 0.533. The van der Waals surface area contributed by atoms with Crippen LogP contribution in [0.4, 0.5) is 4.39 Å². The normalized spacial score (nSPS) is 23.8. The van der Waals surface area contributed by atoms with Gasteiger partial charge in [-0.2, -0.15) is 0 Å².